The Morgan fingerprint density at radius 3 is 2.74 bits per heavy atom. The summed E-state index contributed by atoms with van der Waals surface area (Å²) in [5, 5.41) is 3.85. The van der Waals surface area contributed by atoms with Gasteiger partial charge in [-0.15, -0.1) is 0 Å². The molecule has 2 heterocycles. The predicted octanol–water partition coefficient (Wildman–Crippen LogP) is 2.55. The molecule has 0 atom stereocenters. The third-order valence-corrected chi connectivity index (χ3v) is 3.72. The van der Waals surface area contributed by atoms with Gasteiger partial charge >= 0.3 is 0 Å². The Hall–Kier alpha value is -1.00. The van der Waals surface area contributed by atoms with E-state index in [4.69, 9.17) is 11.6 Å². The molecule has 0 aromatic carbocycles. The highest BCUT2D eigenvalue weighted by molar-refractivity contribution is 6.31. The van der Waals surface area contributed by atoms with Crippen LogP contribution in [-0.4, -0.2) is 41.1 Å². The van der Waals surface area contributed by atoms with Gasteiger partial charge in [-0.05, 0) is 26.3 Å². The Bertz CT molecular complexity index is 452. The maximum absolute atomic E-state index is 12.7. The molecule has 1 amide bonds. The molecule has 1 fully saturated rings. The summed E-state index contributed by atoms with van der Waals surface area (Å²) in [6.07, 6.45) is 2.81. The van der Waals surface area contributed by atoms with Crippen LogP contribution in [0.2, 0.25) is 5.02 Å². The molecule has 19 heavy (non-hydrogen) atoms. The van der Waals surface area contributed by atoms with E-state index in [-0.39, 0.29) is 11.9 Å². The van der Waals surface area contributed by atoms with Crippen LogP contribution in [0.25, 0.3) is 0 Å². The number of nitrogens with zero attached hydrogens (tertiary/aromatic N) is 2. The molecule has 1 aromatic rings. The molecule has 0 saturated carbocycles. The maximum Gasteiger partial charge on any atom is 0.270 e. The van der Waals surface area contributed by atoms with E-state index in [2.05, 4.69) is 26.1 Å². The molecular formula is C14H22ClN3O. The molecule has 1 aromatic heterocycles. The number of amides is 1. The van der Waals surface area contributed by atoms with Gasteiger partial charge in [0, 0.05) is 31.9 Å². The van der Waals surface area contributed by atoms with Crippen LogP contribution in [0.1, 0.15) is 43.7 Å². The fraction of sp³-hybridized carbons (Fsp3) is 0.643. The van der Waals surface area contributed by atoms with E-state index in [1.807, 2.05) is 15.7 Å². The standard InChI is InChI=1S/C14H22ClN3O/c1-4-5-17(12-7-16-8-12)14(19)13-6-11(15)9-18(13)10(2)3/h6,9-10,12,16H,4-5,7-8H2,1-3H3. The lowest BCUT2D eigenvalue weighted by Gasteiger charge is -2.38. The van der Waals surface area contributed by atoms with E-state index in [0.717, 1.165) is 26.1 Å². The number of carbonyl (C=O) groups is 1. The van der Waals surface area contributed by atoms with Crippen molar-refractivity contribution >= 4 is 17.5 Å². The smallest absolute Gasteiger partial charge is 0.270 e. The van der Waals surface area contributed by atoms with E-state index in [0.29, 0.717) is 16.8 Å². The zero-order valence-corrected chi connectivity index (χ0v) is 12.6. The summed E-state index contributed by atoms with van der Waals surface area (Å²) in [5.41, 5.74) is 0.695. The van der Waals surface area contributed by atoms with Crippen LogP contribution < -0.4 is 5.32 Å². The summed E-state index contributed by atoms with van der Waals surface area (Å²) < 4.78 is 1.96. The summed E-state index contributed by atoms with van der Waals surface area (Å²) in [4.78, 5) is 14.7. The molecule has 2 rings (SSSR count). The van der Waals surface area contributed by atoms with Crippen LogP contribution in [-0.2, 0) is 0 Å². The Balaban J connectivity index is 2.25. The summed E-state index contributed by atoms with van der Waals surface area (Å²) >= 11 is 6.06. The monoisotopic (exact) mass is 283 g/mol. The largest absolute Gasteiger partial charge is 0.339 e. The quantitative estimate of drug-likeness (QED) is 0.902. The number of aromatic nitrogens is 1. The van der Waals surface area contributed by atoms with Gasteiger partial charge in [-0.2, -0.15) is 0 Å². The molecule has 0 unspecified atom stereocenters. The average molecular weight is 284 g/mol. The van der Waals surface area contributed by atoms with Crippen LogP contribution in [0, 0.1) is 0 Å². The van der Waals surface area contributed by atoms with Gasteiger partial charge in [0.1, 0.15) is 5.69 Å². The molecule has 4 nitrogen and oxygen atoms in total. The lowest BCUT2D eigenvalue weighted by molar-refractivity contribution is 0.0603. The number of hydrogen-bond donors (Lipinski definition) is 1. The van der Waals surface area contributed by atoms with Gasteiger partial charge in [0.2, 0.25) is 0 Å². The molecule has 1 aliphatic rings. The van der Waals surface area contributed by atoms with Crippen molar-refractivity contribution in [2.24, 2.45) is 0 Å². The first-order chi connectivity index (χ1) is 9.04. The Labute approximate surface area is 119 Å². The lowest BCUT2D eigenvalue weighted by atomic mass is 10.1. The second kappa shape index (κ2) is 5.97. The SMILES string of the molecule is CCCN(C(=O)c1cc(Cl)cn1C(C)C)C1CNC1. The van der Waals surface area contributed by atoms with Gasteiger partial charge in [0.05, 0.1) is 11.1 Å². The van der Waals surface area contributed by atoms with Gasteiger partial charge in [0.25, 0.3) is 5.91 Å². The third-order valence-electron chi connectivity index (χ3n) is 3.52. The fourth-order valence-corrected chi connectivity index (χ4v) is 2.58. The first kappa shape index (κ1) is 14.4. The van der Waals surface area contributed by atoms with Gasteiger partial charge in [0.15, 0.2) is 0 Å². The second-order valence-corrected chi connectivity index (χ2v) is 5.79. The van der Waals surface area contributed by atoms with Crippen molar-refractivity contribution in [3.05, 3.63) is 23.0 Å². The number of carbonyl (C=O) groups excluding carboxylic acids is 1. The lowest BCUT2D eigenvalue weighted by Crippen LogP contribution is -2.59. The van der Waals surface area contributed by atoms with Crippen molar-refractivity contribution in [1.29, 1.82) is 0 Å². The molecule has 0 radical (unpaired) electrons. The van der Waals surface area contributed by atoms with E-state index >= 15 is 0 Å². The van der Waals surface area contributed by atoms with Crippen LogP contribution in [0.5, 0.6) is 0 Å². The Morgan fingerprint density at radius 2 is 2.26 bits per heavy atom. The number of rotatable bonds is 5. The molecule has 5 heteroatoms. The van der Waals surface area contributed by atoms with E-state index < -0.39 is 0 Å². The Morgan fingerprint density at radius 1 is 1.58 bits per heavy atom. The normalized spacial score (nSPS) is 15.6. The number of nitrogens with one attached hydrogen (secondary N) is 1. The zero-order chi connectivity index (χ0) is 14.0. The van der Waals surface area contributed by atoms with E-state index in [1.165, 1.54) is 0 Å². The summed E-state index contributed by atoms with van der Waals surface area (Å²) in [6, 6.07) is 2.33. The molecule has 0 bridgehead atoms. The van der Waals surface area contributed by atoms with Crippen LogP contribution in [0.3, 0.4) is 0 Å². The second-order valence-electron chi connectivity index (χ2n) is 5.36. The number of hydrogen-bond acceptors (Lipinski definition) is 2. The topological polar surface area (TPSA) is 37.3 Å². The minimum atomic E-state index is 0.0916. The highest BCUT2D eigenvalue weighted by atomic mass is 35.5. The first-order valence-corrected chi connectivity index (χ1v) is 7.31. The van der Waals surface area contributed by atoms with Crippen LogP contribution in [0.15, 0.2) is 12.3 Å². The van der Waals surface area contributed by atoms with Crippen molar-refractivity contribution in [2.45, 2.75) is 39.3 Å². The molecule has 1 N–H and O–H groups in total. The van der Waals surface area contributed by atoms with Crippen LogP contribution >= 0.6 is 11.6 Å². The number of halogens is 1. The minimum absolute atomic E-state index is 0.0916. The summed E-state index contributed by atoms with van der Waals surface area (Å²) in [7, 11) is 0. The van der Waals surface area contributed by atoms with Gasteiger partial charge in [-0.1, -0.05) is 18.5 Å². The zero-order valence-electron chi connectivity index (χ0n) is 11.8. The molecule has 1 aliphatic heterocycles. The van der Waals surface area contributed by atoms with Crippen molar-refractivity contribution in [2.75, 3.05) is 19.6 Å². The highest BCUT2D eigenvalue weighted by Gasteiger charge is 2.30. The highest BCUT2D eigenvalue weighted by Crippen LogP contribution is 2.21. The van der Waals surface area contributed by atoms with Gasteiger partial charge in [-0.3, -0.25) is 4.79 Å². The van der Waals surface area contributed by atoms with E-state index in [9.17, 15) is 4.79 Å². The van der Waals surface area contributed by atoms with Crippen molar-refractivity contribution in [3.63, 3.8) is 0 Å². The summed E-state index contributed by atoms with van der Waals surface area (Å²) in [6.45, 7) is 8.79. The Kier molecular flexibility index (Phi) is 4.53. The summed E-state index contributed by atoms with van der Waals surface area (Å²) in [5.74, 6) is 0.0916. The molecular weight excluding hydrogens is 262 g/mol. The average Bonchev–Trinajstić information content (AvgIpc) is 2.67. The molecule has 0 aliphatic carbocycles. The van der Waals surface area contributed by atoms with Crippen LogP contribution in [0.4, 0.5) is 0 Å². The fourth-order valence-electron chi connectivity index (χ4n) is 2.38. The van der Waals surface area contributed by atoms with Gasteiger partial charge in [-0.25, -0.2) is 0 Å². The minimum Gasteiger partial charge on any atom is -0.339 e. The van der Waals surface area contributed by atoms with E-state index in [1.54, 1.807) is 6.07 Å². The van der Waals surface area contributed by atoms with Crippen molar-refractivity contribution in [1.82, 2.24) is 14.8 Å². The predicted molar refractivity (Wildman–Crippen MR) is 77.8 cm³/mol. The third kappa shape index (κ3) is 2.95. The van der Waals surface area contributed by atoms with Crippen molar-refractivity contribution < 1.29 is 4.79 Å². The maximum atomic E-state index is 12.7. The molecule has 0 spiro atoms. The molecule has 106 valence electrons. The van der Waals surface area contributed by atoms with Gasteiger partial charge < -0.3 is 14.8 Å². The van der Waals surface area contributed by atoms with Crippen molar-refractivity contribution in [3.8, 4) is 0 Å². The first-order valence-electron chi connectivity index (χ1n) is 6.93. The molecule has 1 saturated heterocycles.